The molecule has 2 aromatic heterocycles. The van der Waals surface area contributed by atoms with Gasteiger partial charge in [0.2, 0.25) is 5.95 Å². The highest BCUT2D eigenvalue weighted by molar-refractivity contribution is 7.90. The van der Waals surface area contributed by atoms with Gasteiger partial charge >= 0.3 is 0 Å². The van der Waals surface area contributed by atoms with E-state index < -0.39 is 15.9 Å². The third kappa shape index (κ3) is 5.02. The predicted molar refractivity (Wildman–Crippen MR) is 127 cm³/mol. The number of anilines is 3. The van der Waals surface area contributed by atoms with Crippen molar-refractivity contribution in [2.24, 2.45) is 7.05 Å². The number of hydrogen-bond acceptors (Lipinski definition) is 10. The van der Waals surface area contributed by atoms with Crippen LogP contribution in [-0.2, 0) is 16.9 Å². The Kier molecular flexibility index (Phi) is 6.52. The van der Waals surface area contributed by atoms with Crippen molar-refractivity contribution in [3.8, 4) is 11.4 Å². The fourth-order valence-corrected chi connectivity index (χ4v) is 4.49. The Bertz CT molecular complexity index is 1410. The summed E-state index contributed by atoms with van der Waals surface area (Å²) in [5.41, 5.74) is 2.67. The molecule has 34 heavy (non-hydrogen) atoms. The van der Waals surface area contributed by atoms with Gasteiger partial charge in [0.15, 0.2) is 15.7 Å². The molecule has 0 spiro atoms. The Balaban J connectivity index is 1.70. The van der Waals surface area contributed by atoms with Crippen LogP contribution < -0.4 is 10.6 Å². The number of tetrazole rings is 1. The maximum atomic E-state index is 11.9. The molecule has 12 heteroatoms. The van der Waals surface area contributed by atoms with E-state index in [1.54, 1.807) is 38.4 Å². The molecular weight excluding hydrogens is 456 g/mol. The molecule has 0 saturated heterocycles. The normalized spacial score (nSPS) is 12.4. The first-order chi connectivity index (χ1) is 16.3. The van der Waals surface area contributed by atoms with Crippen molar-refractivity contribution in [2.45, 2.75) is 17.9 Å². The lowest BCUT2D eigenvalue weighted by Gasteiger charge is -2.19. The second-order valence-electron chi connectivity index (χ2n) is 7.75. The molecule has 0 radical (unpaired) electrons. The minimum atomic E-state index is -3.32. The fourth-order valence-electron chi connectivity index (χ4n) is 3.53. The molecule has 0 aliphatic carbocycles. The minimum Gasteiger partial charge on any atom is -0.394 e. The molecule has 11 nitrogen and oxygen atoms in total. The Morgan fingerprint density at radius 1 is 1.15 bits per heavy atom. The highest BCUT2D eigenvalue weighted by Gasteiger charge is 2.19. The number of rotatable bonds is 8. The van der Waals surface area contributed by atoms with Crippen LogP contribution in [0.1, 0.15) is 17.2 Å². The van der Waals surface area contributed by atoms with Crippen LogP contribution in [0, 0.1) is 6.92 Å². The lowest BCUT2D eigenvalue weighted by atomic mass is 10.1. The van der Waals surface area contributed by atoms with E-state index in [0.29, 0.717) is 28.5 Å². The number of sulfone groups is 1. The van der Waals surface area contributed by atoms with Gasteiger partial charge in [0.05, 0.1) is 23.1 Å². The van der Waals surface area contributed by atoms with Crippen LogP contribution >= 0.6 is 0 Å². The first-order valence-corrected chi connectivity index (χ1v) is 12.2. The second kappa shape index (κ2) is 9.53. The summed E-state index contributed by atoms with van der Waals surface area (Å²) in [6.07, 6.45) is 2.76. The molecular formula is C22H24N8O3S. The summed E-state index contributed by atoms with van der Waals surface area (Å²) >= 11 is 0. The SMILES string of the molecule is Cc1cc(Nc2ncc(-c3nnnn3C)c(N[C@H](CO)c3ccccc3)n2)ccc1S(C)(=O)=O. The van der Waals surface area contributed by atoms with Gasteiger partial charge in [-0.2, -0.15) is 4.98 Å². The van der Waals surface area contributed by atoms with Gasteiger partial charge in [-0.1, -0.05) is 30.3 Å². The number of aliphatic hydroxyl groups is 1. The van der Waals surface area contributed by atoms with E-state index in [9.17, 15) is 13.5 Å². The van der Waals surface area contributed by atoms with Crippen LogP contribution in [-0.4, -0.2) is 56.6 Å². The number of aliphatic hydroxyl groups excluding tert-OH is 1. The molecule has 0 aliphatic rings. The van der Waals surface area contributed by atoms with Crippen LogP contribution in [0.25, 0.3) is 11.4 Å². The van der Waals surface area contributed by atoms with Crippen molar-refractivity contribution >= 4 is 27.3 Å². The van der Waals surface area contributed by atoms with Gasteiger partial charge in [-0.3, -0.25) is 0 Å². The minimum absolute atomic E-state index is 0.167. The molecule has 0 bridgehead atoms. The van der Waals surface area contributed by atoms with E-state index in [1.165, 1.54) is 10.9 Å². The second-order valence-corrected chi connectivity index (χ2v) is 9.73. The summed E-state index contributed by atoms with van der Waals surface area (Å²) in [5.74, 6) is 1.15. The van der Waals surface area contributed by atoms with E-state index in [4.69, 9.17) is 0 Å². The molecule has 3 N–H and O–H groups in total. The molecule has 4 rings (SSSR count). The topological polar surface area (TPSA) is 148 Å². The van der Waals surface area contributed by atoms with E-state index in [-0.39, 0.29) is 17.5 Å². The highest BCUT2D eigenvalue weighted by Crippen LogP contribution is 2.29. The van der Waals surface area contributed by atoms with Gasteiger partial charge in [0, 0.05) is 25.2 Å². The zero-order valence-electron chi connectivity index (χ0n) is 18.8. The van der Waals surface area contributed by atoms with E-state index in [0.717, 1.165) is 5.56 Å². The predicted octanol–water partition coefficient (Wildman–Crippen LogP) is 2.27. The van der Waals surface area contributed by atoms with Gasteiger partial charge in [-0.25, -0.2) is 18.1 Å². The summed E-state index contributed by atoms with van der Waals surface area (Å²) in [6.45, 7) is 1.56. The van der Waals surface area contributed by atoms with E-state index in [1.807, 2.05) is 30.3 Å². The Hall–Kier alpha value is -3.90. The summed E-state index contributed by atoms with van der Waals surface area (Å²) in [5, 5.41) is 28.0. The average molecular weight is 481 g/mol. The summed E-state index contributed by atoms with van der Waals surface area (Å²) < 4.78 is 25.3. The maximum Gasteiger partial charge on any atom is 0.229 e. The summed E-state index contributed by atoms with van der Waals surface area (Å²) in [4.78, 5) is 9.26. The molecule has 0 fully saturated rings. The van der Waals surface area contributed by atoms with Crippen molar-refractivity contribution in [1.29, 1.82) is 0 Å². The molecule has 0 aliphatic heterocycles. The van der Waals surface area contributed by atoms with Gasteiger partial charge in [0.1, 0.15) is 5.82 Å². The standard InChI is InChI=1S/C22H24N8O3S/c1-14-11-16(9-10-19(14)34(3,32)33)24-22-23-12-17(21-27-28-29-30(21)2)20(26-22)25-18(13-31)15-7-5-4-6-8-15/h4-12,18,31H,13H2,1-3H3,(H2,23,24,25,26)/t18-/m1/s1. The van der Waals surface area contributed by atoms with Crippen molar-refractivity contribution in [1.82, 2.24) is 30.2 Å². The fraction of sp³-hybridized carbons (Fsp3) is 0.227. The van der Waals surface area contributed by atoms with Crippen LogP contribution in [0.3, 0.4) is 0 Å². The van der Waals surface area contributed by atoms with Crippen LogP contribution in [0.4, 0.5) is 17.5 Å². The summed E-state index contributed by atoms with van der Waals surface area (Å²) in [6, 6.07) is 14.0. The smallest absolute Gasteiger partial charge is 0.229 e. The highest BCUT2D eigenvalue weighted by atomic mass is 32.2. The third-order valence-corrected chi connectivity index (χ3v) is 6.43. The molecule has 2 aromatic carbocycles. The number of aryl methyl sites for hydroxylation is 2. The van der Waals surface area contributed by atoms with E-state index >= 15 is 0 Å². The van der Waals surface area contributed by atoms with Crippen LogP contribution in [0.2, 0.25) is 0 Å². The molecule has 0 saturated carbocycles. The Morgan fingerprint density at radius 3 is 2.53 bits per heavy atom. The van der Waals surface area contributed by atoms with Gasteiger partial charge in [0.25, 0.3) is 0 Å². The van der Waals surface area contributed by atoms with Crippen LogP contribution in [0.5, 0.6) is 0 Å². The zero-order valence-corrected chi connectivity index (χ0v) is 19.7. The third-order valence-electron chi connectivity index (χ3n) is 5.18. The number of benzene rings is 2. The average Bonchev–Trinajstić information content (AvgIpc) is 3.23. The Labute approximate surface area is 196 Å². The van der Waals surface area contributed by atoms with Crippen molar-refractivity contribution < 1.29 is 13.5 Å². The molecule has 176 valence electrons. The molecule has 0 amide bonds. The zero-order chi connectivity index (χ0) is 24.3. The number of hydrogen-bond donors (Lipinski definition) is 3. The van der Waals surface area contributed by atoms with E-state index in [2.05, 4.69) is 36.1 Å². The number of aromatic nitrogens is 6. The van der Waals surface area contributed by atoms with Gasteiger partial charge in [-0.15, -0.1) is 5.10 Å². The monoisotopic (exact) mass is 480 g/mol. The van der Waals surface area contributed by atoms with Gasteiger partial charge in [-0.05, 0) is 46.7 Å². The summed E-state index contributed by atoms with van der Waals surface area (Å²) in [7, 11) is -1.61. The molecule has 4 aromatic rings. The molecule has 0 unspecified atom stereocenters. The van der Waals surface area contributed by atoms with Gasteiger partial charge < -0.3 is 15.7 Å². The maximum absolute atomic E-state index is 11.9. The van der Waals surface area contributed by atoms with Crippen molar-refractivity contribution in [3.05, 3.63) is 65.9 Å². The first kappa shape index (κ1) is 23.3. The first-order valence-electron chi connectivity index (χ1n) is 10.4. The lowest BCUT2D eigenvalue weighted by Crippen LogP contribution is -2.17. The lowest BCUT2D eigenvalue weighted by molar-refractivity contribution is 0.276. The quantitative estimate of drug-likeness (QED) is 0.343. The molecule has 2 heterocycles. The number of nitrogens with one attached hydrogen (secondary N) is 2. The Morgan fingerprint density at radius 2 is 1.91 bits per heavy atom. The number of nitrogens with zero attached hydrogens (tertiary/aromatic N) is 6. The van der Waals surface area contributed by atoms with Crippen LogP contribution in [0.15, 0.2) is 59.6 Å². The van der Waals surface area contributed by atoms with Crippen molar-refractivity contribution in [2.75, 3.05) is 23.5 Å². The van der Waals surface area contributed by atoms with Crippen molar-refractivity contribution in [3.63, 3.8) is 0 Å². The molecule has 1 atom stereocenters. The largest absolute Gasteiger partial charge is 0.394 e.